The van der Waals surface area contributed by atoms with Gasteiger partial charge in [0.2, 0.25) is 0 Å². The molecule has 9 nitrogen and oxygen atoms in total. The Morgan fingerprint density at radius 3 is 1.36 bits per heavy atom. The predicted molar refractivity (Wildman–Crippen MR) is 264 cm³/mol. The van der Waals surface area contributed by atoms with Crippen LogP contribution in [0.5, 0.6) is 0 Å². The summed E-state index contributed by atoms with van der Waals surface area (Å²) in [7, 11) is 5.89. The first kappa shape index (κ1) is 60.2. The number of rotatable bonds is 44. The second kappa shape index (κ2) is 45.8. The van der Waals surface area contributed by atoms with Crippen LogP contribution >= 0.6 is 0 Å². The van der Waals surface area contributed by atoms with Crippen LogP contribution in [0.15, 0.2) is 97.2 Å². The Bertz CT molecular complexity index is 1370. The third kappa shape index (κ3) is 46.2. The summed E-state index contributed by atoms with van der Waals surface area (Å²) in [6.45, 7) is 4.54. The van der Waals surface area contributed by atoms with Crippen LogP contribution in [-0.2, 0) is 33.3 Å². The van der Waals surface area contributed by atoms with Crippen molar-refractivity contribution >= 4 is 17.9 Å². The average molecular weight is 894 g/mol. The number of nitrogens with zero attached hydrogens (tertiary/aromatic N) is 1. The Hall–Kier alpha value is -3.79. The van der Waals surface area contributed by atoms with E-state index < -0.39 is 24.3 Å². The van der Waals surface area contributed by atoms with Gasteiger partial charge in [-0.2, -0.15) is 0 Å². The Kier molecular flexibility index (Phi) is 43.1. The minimum atomic E-state index is -1.64. The van der Waals surface area contributed by atoms with E-state index in [4.69, 9.17) is 18.9 Å². The first-order valence-corrected chi connectivity index (χ1v) is 24.9. The molecule has 0 aromatic rings. The van der Waals surface area contributed by atoms with Crippen LogP contribution in [0.2, 0.25) is 0 Å². The number of esters is 2. The number of carbonyl (C=O) groups is 3. The molecule has 0 bridgehead atoms. The fraction of sp³-hybridized carbons (Fsp3) is 0.655. The van der Waals surface area contributed by atoms with Crippen molar-refractivity contribution in [1.29, 1.82) is 0 Å². The van der Waals surface area contributed by atoms with Gasteiger partial charge in [0.25, 0.3) is 0 Å². The van der Waals surface area contributed by atoms with E-state index in [9.17, 15) is 19.5 Å². The molecule has 0 aliphatic carbocycles. The maximum Gasteiger partial charge on any atom is 0.306 e. The fourth-order valence-corrected chi connectivity index (χ4v) is 6.21. The van der Waals surface area contributed by atoms with Crippen molar-refractivity contribution < 1.29 is 42.9 Å². The van der Waals surface area contributed by atoms with Gasteiger partial charge in [-0.15, -0.1) is 0 Å². The number of hydrogen-bond acceptors (Lipinski definition) is 8. The smallest absolute Gasteiger partial charge is 0.306 e. The lowest BCUT2D eigenvalue weighted by atomic mass is 10.1. The summed E-state index contributed by atoms with van der Waals surface area (Å²) in [4.78, 5) is 37.1. The van der Waals surface area contributed by atoms with E-state index in [2.05, 4.69) is 111 Å². The maximum absolute atomic E-state index is 12.8. The Balaban J connectivity index is 4.46. The predicted octanol–water partition coefficient (Wildman–Crippen LogP) is 12.5. The molecule has 9 heteroatoms. The van der Waals surface area contributed by atoms with Crippen molar-refractivity contribution in [2.45, 2.75) is 187 Å². The molecule has 0 aromatic carbocycles. The summed E-state index contributed by atoms with van der Waals surface area (Å²) in [5.74, 6) is -2.35. The van der Waals surface area contributed by atoms with Crippen molar-refractivity contribution in [2.24, 2.45) is 0 Å². The van der Waals surface area contributed by atoms with Crippen molar-refractivity contribution in [2.75, 3.05) is 47.5 Å². The Morgan fingerprint density at radius 2 is 0.891 bits per heavy atom. The lowest BCUT2D eigenvalue weighted by Crippen LogP contribution is -2.44. The molecule has 0 N–H and O–H groups in total. The van der Waals surface area contributed by atoms with E-state index in [0.29, 0.717) is 17.4 Å². The maximum atomic E-state index is 12.8. The number of aliphatic carboxylic acids is 1. The molecule has 364 valence electrons. The number of carboxylic acid groups (broad SMARTS) is 1. The highest BCUT2D eigenvalue weighted by molar-refractivity contribution is 5.70. The summed E-state index contributed by atoms with van der Waals surface area (Å²) < 4.78 is 22.5. The SMILES string of the molecule is CC/C=C\C/C=C\C/C=C\C/C=C\C/C=C\C/C=C\C/C=C\CCCCCC(=O)OC(COC(=O)CCCCCCC/C=C\CCCCCCC)COC(OCC[N+](C)(C)C)C(=O)[O-]. The van der Waals surface area contributed by atoms with Crippen molar-refractivity contribution in [1.82, 2.24) is 0 Å². The molecule has 0 amide bonds. The molecule has 0 fully saturated rings. The summed E-state index contributed by atoms with van der Waals surface area (Å²) in [6, 6.07) is 0. The van der Waals surface area contributed by atoms with Gasteiger partial charge in [0.1, 0.15) is 13.2 Å². The van der Waals surface area contributed by atoms with Gasteiger partial charge in [0.05, 0.1) is 40.3 Å². The largest absolute Gasteiger partial charge is 0.545 e. The summed E-state index contributed by atoms with van der Waals surface area (Å²) in [5.41, 5.74) is 0. The molecular weight excluding hydrogens is 803 g/mol. The second-order valence-corrected chi connectivity index (χ2v) is 17.4. The molecule has 0 saturated carbocycles. The molecule has 2 atom stereocenters. The van der Waals surface area contributed by atoms with E-state index in [0.717, 1.165) is 103 Å². The van der Waals surface area contributed by atoms with Crippen LogP contribution in [0.4, 0.5) is 0 Å². The van der Waals surface area contributed by atoms with Crippen molar-refractivity contribution in [3.05, 3.63) is 97.2 Å². The molecule has 0 spiro atoms. The molecule has 0 aromatic heterocycles. The standard InChI is InChI=1S/C55H91NO8/c1-6-8-10-12-14-16-18-20-22-23-24-25-26-27-28-29-30-31-32-34-36-38-40-42-44-46-53(58)64-51(50-63-55(54(59)60)61-48-47-56(3,4)5)49-62-52(57)45-43-41-39-37-35-33-21-19-17-15-13-11-9-7-2/h8,10,14,16,19-22,24-25,27-28,30-31,34,36,51,55H,6-7,9,11-13,15,17-18,23,26,29,32-33,35,37-50H2,1-5H3/b10-8-,16-14-,21-19-,22-20-,25-24-,28-27-,31-30-,36-34-. The van der Waals surface area contributed by atoms with E-state index in [-0.39, 0.29) is 38.6 Å². The minimum absolute atomic E-state index is 0.134. The highest BCUT2D eigenvalue weighted by Gasteiger charge is 2.21. The van der Waals surface area contributed by atoms with Crippen LogP contribution in [0.25, 0.3) is 0 Å². The lowest BCUT2D eigenvalue weighted by Gasteiger charge is -2.26. The van der Waals surface area contributed by atoms with Gasteiger partial charge < -0.3 is 33.3 Å². The molecule has 0 rings (SSSR count). The van der Waals surface area contributed by atoms with Gasteiger partial charge in [-0.25, -0.2) is 0 Å². The molecule has 2 unspecified atom stereocenters. The topological polar surface area (TPSA) is 111 Å². The van der Waals surface area contributed by atoms with E-state index in [1.807, 2.05) is 21.1 Å². The van der Waals surface area contributed by atoms with Gasteiger partial charge in [-0.05, 0) is 96.3 Å². The zero-order valence-corrected chi connectivity index (χ0v) is 41.1. The lowest BCUT2D eigenvalue weighted by molar-refractivity contribution is -0.870. The number of hydrogen-bond donors (Lipinski definition) is 0. The minimum Gasteiger partial charge on any atom is -0.545 e. The van der Waals surface area contributed by atoms with Crippen molar-refractivity contribution in [3.63, 3.8) is 0 Å². The quantitative estimate of drug-likeness (QED) is 0.0195. The normalized spacial score (nSPS) is 13.7. The number of likely N-dealkylation sites (N-methyl/N-ethyl adjacent to an activating group) is 1. The van der Waals surface area contributed by atoms with E-state index in [1.165, 1.54) is 38.5 Å². The molecule has 0 heterocycles. The third-order valence-corrected chi connectivity index (χ3v) is 10.1. The molecule has 0 saturated heterocycles. The molecule has 0 aliphatic heterocycles. The first-order valence-electron chi connectivity index (χ1n) is 24.9. The second-order valence-electron chi connectivity index (χ2n) is 17.4. The van der Waals surface area contributed by atoms with Gasteiger partial charge >= 0.3 is 11.9 Å². The first-order chi connectivity index (χ1) is 31.1. The van der Waals surface area contributed by atoms with Crippen LogP contribution in [0.3, 0.4) is 0 Å². The van der Waals surface area contributed by atoms with Gasteiger partial charge in [-0.1, -0.05) is 162 Å². The van der Waals surface area contributed by atoms with Gasteiger partial charge in [-0.3, -0.25) is 9.59 Å². The zero-order valence-electron chi connectivity index (χ0n) is 41.1. The number of carboxylic acids is 1. The van der Waals surface area contributed by atoms with Crippen LogP contribution < -0.4 is 5.11 Å². The van der Waals surface area contributed by atoms with E-state index in [1.54, 1.807) is 0 Å². The number of unbranched alkanes of at least 4 members (excludes halogenated alkanes) is 13. The van der Waals surface area contributed by atoms with Crippen LogP contribution in [0.1, 0.15) is 174 Å². The monoisotopic (exact) mass is 894 g/mol. The number of allylic oxidation sites excluding steroid dienone is 16. The van der Waals surface area contributed by atoms with Crippen LogP contribution in [-0.4, -0.2) is 82.3 Å². The molecule has 64 heavy (non-hydrogen) atoms. The summed E-state index contributed by atoms with van der Waals surface area (Å²) >= 11 is 0. The van der Waals surface area contributed by atoms with Crippen molar-refractivity contribution in [3.8, 4) is 0 Å². The highest BCUT2D eigenvalue weighted by atomic mass is 16.7. The molecular formula is C55H91NO8. The molecule has 0 radical (unpaired) electrons. The number of ether oxygens (including phenoxy) is 4. The molecule has 0 aliphatic rings. The summed E-state index contributed by atoms with van der Waals surface area (Å²) in [6.07, 6.45) is 57.3. The summed E-state index contributed by atoms with van der Waals surface area (Å²) in [5, 5.41) is 11.7. The number of quaternary nitrogens is 1. The van der Waals surface area contributed by atoms with Gasteiger partial charge in [0, 0.05) is 12.8 Å². The average Bonchev–Trinajstić information content (AvgIpc) is 3.26. The van der Waals surface area contributed by atoms with Gasteiger partial charge in [0.15, 0.2) is 12.4 Å². The highest BCUT2D eigenvalue weighted by Crippen LogP contribution is 2.12. The Labute approximate surface area is 391 Å². The van der Waals surface area contributed by atoms with E-state index >= 15 is 0 Å². The third-order valence-electron chi connectivity index (χ3n) is 10.1. The fourth-order valence-electron chi connectivity index (χ4n) is 6.21. The Morgan fingerprint density at radius 1 is 0.484 bits per heavy atom. The zero-order chi connectivity index (χ0) is 47.0. The number of carbonyl (C=O) groups excluding carboxylic acids is 3. The van der Waals surface area contributed by atoms with Crippen LogP contribution in [0, 0.1) is 0 Å².